The Bertz CT molecular complexity index is 150. The molecular formula is C8H16N2O2. The van der Waals surface area contributed by atoms with E-state index in [0.717, 1.165) is 26.3 Å². The first-order valence-corrected chi connectivity index (χ1v) is 4.40. The van der Waals surface area contributed by atoms with Gasteiger partial charge in [0.25, 0.3) is 0 Å². The van der Waals surface area contributed by atoms with Gasteiger partial charge >= 0.3 is 0 Å². The van der Waals surface area contributed by atoms with Gasteiger partial charge in [-0.1, -0.05) is 0 Å². The number of carbonyl (C=O) groups is 1. The van der Waals surface area contributed by atoms with Gasteiger partial charge in [0.05, 0.1) is 6.61 Å². The number of carbonyl (C=O) groups excluding carboxylic acids is 1. The van der Waals surface area contributed by atoms with Crippen LogP contribution in [0.1, 0.15) is 13.3 Å². The van der Waals surface area contributed by atoms with Crippen LogP contribution in [-0.2, 0) is 9.53 Å². The van der Waals surface area contributed by atoms with Crippen LogP contribution in [0.25, 0.3) is 0 Å². The van der Waals surface area contributed by atoms with Gasteiger partial charge in [-0.2, -0.15) is 0 Å². The van der Waals surface area contributed by atoms with Gasteiger partial charge < -0.3 is 15.4 Å². The minimum atomic E-state index is 0.143. The molecule has 0 saturated carbocycles. The van der Waals surface area contributed by atoms with E-state index in [2.05, 4.69) is 10.6 Å². The lowest BCUT2D eigenvalue weighted by atomic mass is 10.2. The van der Waals surface area contributed by atoms with Crippen molar-refractivity contribution < 1.29 is 9.53 Å². The minimum absolute atomic E-state index is 0.143. The van der Waals surface area contributed by atoms with E-state index in [1.54, 1.807) is 0 Å². The Morgan fingerprint density at radius 2 is 2.58 bits per heavy atom. The van der Waals surface area contributed by atoms with Crippen molar-refractivity contribution in [2.75, 3.05) is 26.3 Å². The van der Waals surface area contributed by atoms with Crippen LogP contribution in [0.5, 0.6) is 0 Å². The van der Waals surface area contributed by atoms with Gasteiger partial charge in [0.15, 0.2) is 0 Å². The summed E-state index contributed by atoms with van der Waals surface area (Å²) in [7, 11) is 0. The van der Waals surface area contributed by atoms with Crippen molar-refractivity contribution in [3.8, 4) is 0 Å². The van der Waals surface area contributed by atoms with Gasteiger partial charge in [0.2, 0.25) is 5.91 Å². The molecule has 4 nitrogen and oxygen atoms in total. The van der Waals surface area contributed by atoms with Gasteiger partial charge in [-0.25, -0.2) is 0 Å². The molecule has 4 heteroatoms. The van der Waals surface area contributed by atoms with Crippen LogP contribution in [0.4, 0.5) is 0 Å². The van der Waals surface area contributed by atoms with Crippen molar-refractivity contribution in [1.29, 1.82) is 0 Å². The van der Waals surface area contributed by atoms with Crippen molar-refractivity contribution in [3.05, 3.63) is 0 Å². The molecule has 1 amide bonds. The number of amides is 1. The van der Waals surface area contributed by atoms with Gasteiger partial charge in [-0.15, -0.1) is 0 Å². The van der Waals surface area contributed by atoms with Gasteiger partial charge in [0, 0.05) is 32.2 Å². The van der Waals surface area contributed by atoms with Crippen LogP contribution in [0.3, 0.4) is 0 Å². The van der Waals surface area contributed by atoms with E-state index in [1.807, 2.05) is 6.92 Å². The minimum Gasteiger partial charge on any atom is -0.380 e. The van der Waals surface area contributed by atoms with Crippen LogP contribution < -0.4 is 10.6 Å². The molecular weight excluding hydrogens is 156 g/mol. The largest absolute Gasteiger partial charge is 0.380 e. The Hall–Kier alpha value is -0.610. The standard InChI is InChI=1S/C8H16N2O2/c1-2-12-4-3-9-7-5-8(11)10-6-7/h7,9H,2-6H2,1H3,(H,10,11). The molecule has 1 fully saturated rings. The van der Waals surface area contributed by atoms with Gasteiger partial charge in [-0.05, 0) is 6.92 Å². The summed E-state index contributed by atoms with van der Waals surface area (Å²) in [5, 5.41) is 6.01. The van der Waals surface area contributed by atoms with Crippen LogP contribution in [0, 0.1) is 0 Å². The van der Waals surface area contributed by atoms with Crippen molar-refractivity contribution in [1.82, 2.24) is 10.6 Å². The molecule has 1 atom stereocenters. The normalized spacial score (nSPS) is 22.8. The molecule has 0 aromatic heterocycles. The number of rotatable bonds is 5. The van der Waals surface area contributed by atoms with Crippen molar-refractivity contribution >= 4 is 5.91 Å². The van der Waals surface area contributed by atoms with Crippen molar-refractivity contribution in [2.45, 2.75) is 19.4 Å². The van der Waals surface area contributed by atoms with Crippen LogP contribution in [0.15, 0.2) is 0 Å². The first-order chi connectivity index (χ1) is 5.83. The second-order valence-electron chi connectivity index (χ2n) is 2.86. The molecule has 1 aliphatic rings. The molecule has 1 rings (SSSR count). The molecule has 0 aromatic rings. The lowest BCUT2D eigenvalue weighted by Crippen LogP contribution is -2.33. The highest BCUT2D eigenvalue weighted by atomic mass is 16.5. The lowest BCUT2D eigenvalue weighted by Gasteiger charge is -2.09. The van der Waals surface area contributed by atoms with E-state index in [0.29, 0.717) is 12.5 Å². The van der Waals surface area contributed by atoms with Crippen LogP contribution >= 0.6 is 0 Å². The van der Waals surface area contributed by atoms with E-state index in [9.17, 15) is 4.79 Å². The highest BCUT2D eigenvalue weighted by Crippen LogP contribution is 1.97. The Balaban J connectivity index is 1.97. The van der Waals surface area contributed by atoms with Crippen LogP contribution in [-0.4, -0.2) is 38.3 Å². The average molecular weight is 172 g/mol. The molecule has 1 heterocycles. The Morgan fingerprint density at radius 1 is 1.75 bits per heavy atom. The van der Waals surface area contributed by atoms with E-state index < -0.39 is 0 Å². The maximum absolute atomic E-state index is 10.8. The second kappa shape index (κ2) is 5.11. The van der Waals surface area contributed by atoms with E-state index in [-0.39, 0.29) is 5.91 Å². The average Bonchev–Trinajstić information content (AvgIpc) is 2.45. The molecule has 1 aliphatic heterocycles. The number of ether oxygens (including phenoxy) is 1. The second-order valence-corrected chi connectivity index (χ2v) is 2.86. The highest BCUT2D eigenvalue weighted by Gasteiger charge is 2.19. The summed E-state index contributed by atoms with van der Waals surface area (Å²) in [6.45, 7) is 5.03. The molecule has 0 radical (unpaired) electrons. The zero-order chi connectivity index (χ0) is 8.81. The molecule has 0 spiro atoms. The Morgan fingerprint density at radius 3 is 3.17 bits per heavy atom. The summed E-state index contributed by atoms with van der Waals surface area (Å²) < 4.78 is 5.15. The third-order valence-electron chi connectivity index (χ3n) is 1.86. The topological polar surface area (TPSA) is 50.4 Å². The van der Waals surface area contributed by atoms with Crippen LogP contribution in [0.2, 0.25) is 0 Å². The third-order valence-corrected chi connectivity index (χ3v) is 1.86. The van der Waals surface area contributed by atoms with E-state index >= 15 is 0 Å². The first-order valence-electron chi connectivity index (χ1n) is 4.40. The fraction of sp³-hybridized carbons (Fsp3) is 0.875. The smallest absolute Gasteiger partial charge is 0.221 e. The van der Waals surface area contributed by atoms with Gasteiger partial charge in [0.1, 0.15) is 0 Å². The summed E-state index contributed by atoms with van der Waals surface area (Å²) in [5.74, 6) is 0.143. The molecule has 1 saturated heterocycles. The predicted molar refractivity (Wildman–Crippen MR) is 45.9 cm³/mol. The SMILES string of the molecule is CCOCCNC1CNC(=O)C1. The summed E-state index contributed by atoms with van der Waals surface area (Å²) in [6.07, 6.45) is 0.603. The third kappa shape index (κ3) is 3.19. The zero-order valence-electron chi connectivity index (χ0n) is 7.43. The fourth-order valence-corrected chi connectivity index (χ4v) is 1.23. The van der Waals surface area contributed by atoms with Gasteiger partial charge in [-0.3, -0.25) is 4.79 Å². The molecule has 12 heavy (non-hydrogen) atoms. The summed E-state index contributed by atoms with van der Waals surface area (Å²) >= 11 is 0. The fourth-order valence-electron chi connectivity index (χ4n) is 1.23. The number of hydrogen-bond acceptors (Lipinski definition) is 3. The number of hydrogen-bond donors (Lipinski definition) is 2. The molecule has 0 aliphatic carbocycles. The highest BCUT2D eigenvalue weighted by molar-refractivity contribution is 5.78. The molecule has 0 aromatic carbocycles. The number of nitrogens with one attached hydrogen (secondary N) is 2. The Labute approximate surface area is 72.7 Å². The summed E-state index contributed by atoms with van der Waals surface area (Å²) in [4.78, 5) is 10.8. The molecule has 2 N–H and O–H groups in total. The quantitative estimate of drug-likeness (QED) is 0.550. The monoisotopic (exact) mass is 172 g/mol. The molecule has 0 bridgehead atoms. The van der Waals surface area contributed by atoms with Crippen molar-refractivity contribution in [2.24, 2.45) is 0 Å². The zero-order valence-corrected chi connectivity index (χ0v) is 7.43. The van der Waals surface area contributed by atoms with E-state index in [4.69, 9.17) is 4.74 Å². The maximum atomic E-state index is 10.8. The summed E-state index contributed by atoms with van der Waals surface area (Å²) in [5.41, 5.74) is 0. The Kier molecular flexibility index (Phi) is 4.04. The van der Waals surface area contributed by atoms with E-state index in [1.165, 1.54) is 0 Å². The molecule has 70 valence electrons. The molecule has 1 unspecified atom stereocenters. The maximum Gasteiger partial charge on any atom is 0.221 e. The predicted octanol–water partition coefficient (Wildman–Crippen LogP) is -0.499. The van der Waals surface area contributed by atoms with Crippen molar-refractivity contribution in [3.63, 3.8) is 0 Å². The lowest BCUT2D eigenvalue weighted by molar-refractivity contribution is -0.119. The summed E-state index contributed by atoms with van der Waals surface area (Å²) in [6, 6.07) is 0.304. The first kappa shape index (κ1) is 9.48.